The number of carbonyl (C=O) groups excluding carboxylic acids is 1. The average Bonchev–Trinajstić information content (AvgIpc) is 2.58. The van der Waals surface area contributed by atoms with Gasteiger partial charge in [0.1, 0.15) is 0 Å². The third-order valence-corrected chi connectivity index (χ3v) is 3.74. The second kappa shape index (κ2) is 10.9. The summed E-state index contributed by atoms with van der Waals surface area (Å²) in [7, 11) is 3.12. The molecule has 0 bridgehead atoms. The zero-order chi connectivity index (χ0) is 18.8. The Balaban J connectivity index is 2.99. The molecule has 1 N–H and O–H groups in total. The monoisotopic (exact) mass is 355 g/mol. The number of nitrogens with zero attached hydrogens (tertiary/aromatic N) is 1. The first-order chi connectivity index (χ1) is 12.0. The van der Waals surface area contributed by atoms with E-state index in [-0.39, 0.29) is 12.5 Å². The maximum Gasteiger partial charge on any atom is 0.312 e. The van der Waals surface area contributed by atoms with Crippen molar-refractivity contribution in [1.82, 2.24) is 4.98 Å². The average molecular weight is 355 g/mol. The maximum atomic E-state index is 12.2. The lowest BCUT2D eigenvalue weighted by atomic mass is 9.87. The first kappa shape index (κ1) is 21.2. The minimum absolute atomic E-state index is 0.0952. The van der Waals surface area contributed by atoms with E-state index in [1.165, 1.54) is 13.3 Å². The Labute approximate surface area is 149 Å². The van der Waals surface area contributed by atoms with Gasteiger partial charge in [0.2, 0.25) is 0 Å². The third kappa shape index (κ3) is 6.17. The number of methoxy groups -OCH3 is 2. The van der Waals surface area contributed by atoms with Gasteiger partial charge in [-0.3, -0.25) is 4.79 Å². The summed E-state index contributed by atoms with van der Waals surface area (Å²) in [5.41, 5.74) is 0.481. The fourth-order valence-corrected chi connectivity index (χ4v) is 2.46. The molecule has 1 heterocycles. The van der Waals surface area contributed by atoms with Gasteiger partial charge in [0, 0.05) is 31.9 Å². The summed E-state index contributed by atoms with van der Waals surface area (Å²) >= 11 is 0. The lowest BCUT2D eigenvalue weighted by Crippen LogP contribution is -2.29. The summed E-state index contributed by atoms with van der Waals surface area (Å²) in [4.78, 5) is 16.4. The van der Waals surface area contributed by atoms with Crippen molar-refractivity contribution in [3.05, 3.63) is 17.8 Å². The molecule has 0 aromatic carbocycles. The fraction of sp³-hybridized carbons (Fsp3) is 0.667. The smallest absolute Gasteiger partial charge is 0.312 e. The standard InChI is InChI=1S/C18H29NO6/c1-6-24-18(21)15(12(2)3)16(20)13-10-14(17(23-5)19-11-13)25-9-7-8-22-4/h10-12,15-16,20H,6-9H2,1-5H3/t15-,16?/m0/s1. The summed E-state index contributed by atoms with van der Waals surface area (Å²) in [6.07, 6.45) is 1.16. The lowest BCUT2D eigenvalue weighted by molar-refractivity contribution is -0.154. The Morgan fingerprint density at radius 2 is 2.00 bits per heavy atom. The van der Waals surface area contributed by atoms with Gasteiger partial charge in [-0.25, -0.2) is 4.98 Å². The van der Waals surface area contributed by atoms with Crippen LogP contribution in [0.3, 0.4) is 0 Å². The van der Waals surface area contributed by atoms with Crippen LogP contribution in [0.15, 0.2) is 12.3 Å². The normalized spacial score (nSPS) is 13.4. The molecule has 1 aromatic rings. The van der Waals surface area contributed by atoms with Crippen molar-refractivity contribution >= 4 is 5.97 Å². The second-order valence-corrected chi connectivity index (χ2v) is 5.94. The lowest BCUT2D eigenvalue weighted by Gasteiger charge is -2.25. The molecule has 0 fully saturated rings. The van der Waals surface area contributed by atoms with E-state index in [9.17, 15) is 9.90 Å². The van der Waals surface area contributed by atoms with Gasteiger partial charge in [-0.1, -0.05) is 13.8 Å². The fourth-order valence-electron chi connectivity index (χ4n) is 2.46. The number of aliphatic hydroxyl groups is 1. The molecular weight excluding hydrogens is 326 g/mol. The van der Waals surface area contributed by atoms with Gasteiger partial charge in [0.25, 0.3) is 5.88 Å². The van der Waals surface area contributed by atoms with Crippen LogP contribution < -0.4 is 9.47 Å². The van der Waals surface area contributed by atoms with Gasteiger partial charge < -0.3 is 24.1 Å². The first-order valence-electron chi connectivity index (χ1n) is 8.46. The van der Waals surface area contributed by atoms with Gasteiger partial charge in [0.05, 0.1) is 32.3 Å². The van der Waals surface area contributed by atoms with E-state index >= 15 is 0 Å². The van der Waals surface area contributed by atoms with Gasteiger partial charge in [-0.2, -0.15) is 0 Å². The topological polar surface area (TPSA) is 87.1 Å². The minimum atomic E-state index is -1.04. The predicted molar refractivity (Wildman–Crippen MR) is 92.7 cm³/mol. The molecule has 0 saturated heterocycles. The largest absolute Gasteiger partial charge is 0.488 e. The van der Waals surface area contributed by atoms with E-state index in [0.717, 1.165) is 0 Å². The van der Waals surface area contributed by atoms with Crippen LogP contribution in [0, 0.1) is 11.8 Å². The van der Waals surface area contributed by atoms with Gasteiger partial charge in [-0.05, 0) is 18.9 Å². The number of hydrogen-bond donors (Lipinski definition) is 1. The summed E-state index contributed by atoms with van der Waals surface area (Å²) in [5, 5.41) is 10.7. The summed E-state index contributed by atoms with van der Waals surface area (Å²) in [6.45, 7) is 6.74. The molecular formula is C18H29NO6. The van der Waals surface area contributed by atoms with E-state index in [2.05, 4.69) is 4.98 Å². The Morgan fingerprint density at radius 1 is 1.28 bits per heavy atom. The number of pyridine rings is 1. The quantitative estimate of drug-likeness (QED) is 0.482. The molecule has 25 heavy (non-hydrogen) atoms. The van der Waals surface area contributed by atoms with Crippen molar-refractivity contribution in [2.75, 3.05) is 34.0 Å². The molecule has 0 spiro atoms. The van der Waals surface area contributed by atoms with Crippen LogP contribution in [0.2, 0.25) is 0 Å². The molecule has 0 aliphatic heterocycles. The zero-order valence-electron chi connectivity index (χ0n) is 15.7. The van der Waals surface area contributed by atoms with Crippen molar-refractivity contribution in [3.8, 4) is 11.6 Å². The third-order valence-electron chi connectivity index (χ3n) is 3.74. The van der Waals surface area contributed by atoms with Gasteiger partial charge >= 0.3 is 5.97 Å². The SMILES string of the molecule is CCOC(=O)[C@@H](C(C)C)C(O)c1cnc(OC)c(OCCCOC)c1. The highest BCUT2D eigenvalue weighted by Crippen LogP contribution is 2.33. The van der Waals surface area contributed by atoms with Crippen LogP contribution >= 0.6 is 0 Å². The van der Waals surface area contributed by atoms with E-state index in [4.69, 9.17) is 18.9 Å². The Kier molecular flexibility index (Phi) is 9.23. The minimum Gasteiger partial charge on any atom is -0.488 e. The zero-order valence-corrected chi connectivity index (χ0v) is 15.7. The molecule has 1 aromatic heterocycles. The molecule has 0 radical (unpaired) electrons. The molecule has 0 aliphatic carbocycles. The summed E-state index contributed by atoms with van der Waals surface area (Å²) in [5.74, 6) is -0.464. The highest BCUT2D eigenvalue weighted by Gasteiger charge is 2.33. The molecule has 142 valence electrons. The van der Waals surface area contributed by atoms with Gasteiger partial charge in [0.15, 0.2) is 5.75 Å². The second-order valence-electron chi connectivity index (χ2n) is 5.94. The van der Waals surface area contributed by atoms with Crippen molar-refractivity contribution in [1.29, 1.82) is 0 Å². The molecule has 7 heteroatoms. The highest BCUT2D eigenvalue weighted by atomic mass is 16.5. The van der Waals surface area contributed by atoms with E-state index < -0.39 is 18.0 Å². The van der Waals surface area contributed by atoms with E-state index in [1.807, 2.05) is 13.8 Å². The Hall–Kier alpha value is -1.86. The van der Waals surface area contributed by atoms with E-state index in [1.54, 1.807) is 20.1 Å². The molecule has 1 rings (SSSR count). The molecule has 0 saturated carbocycles. The molecule has 7 nitrogen and oxygen atoms in total. The molecule has 1 unspecified atom stereocenters. The number of aliphatic hydroxyl groups excluding tert-OH is 1. The Morgan fingerprint density at radius 3 is 2.56 bits per heavy atom. The van der Waals surface area contributed by atoms with Crippen molar-refractivity contribution < 1.29 is 28.8 Å². The molecule has 2 atom stereocenters. The van der Waals surface area contributed by atoms with Crippen LogP contribution in [0.4, 0.5) is 0 Å². The molecule has 0 aliphatic rings. The van der Waals surface area contributed by atoms with Crippen LogP contribution in [-0.2, 0) is 14.3 Å². The predicted octanol–water partition coefficient (Wildman–Crippen LogP) is 2.37. The number of carbonyl (C=O) groups is 1. The Bertz CT molecular complexity index is 534. The number of aromatic nitrogens is 1. The van der Waals surface area contributed by atoms with Crippen LogP contribution in [0.5, 0.6) is 11.6 Å². The van der Waals surface area contributed by atoms with Crippen LogP contribution in [-0.4, -0.2) is 50.1 Å². The van der Waals surface area contributed by atoms with Crippen LogP contribution in [0.25, 0.3) is 0 Å². The molecule has 0 amide bonds. The number of hydrogen-bond acceptors (Lipinski definition) is 7. The summed E-state index contributed by atoms with van der Waals surface area (Å²) in [6, 6.07) is 1.65. The van der Waals surface area contributed by atoms with Gasteiger partial charge in [-0.15, -0.1) is 0 Å². The summed E-state index contributed by atoms with van der Waals surface area (Å²) < 4.78 is 20.9. The number of esters is 1. The number of ether oxygens (including phenoxy) is 4. The maximum absolute atomic E-state index is 12.2. The van der Waals surface area contributed by atoms with Crippen molar-refractivity contribution in [2.45, 2.75) is 33.3 Å². The first-order valence-corrected chi connectivity index (χ1v) is 8.46. The highest BCUT2D eigenvalue weighted by molar-refractivity contribution is 5.73. The van der Waals surface area contributed by atoms with Crippen LogP contribution in [0.1, 0.15) is 38.9 Å². The number of rotatable bonds is 11. The van der Waals surface area contributed by atoms with E-state index in [0.29, 0.717) is 36.8 Å². The van der Waals surface area contributed by atoms with Crippen molar-refractivity contribution in [2.24, 2.45) is 11.8 Å². The van der Waals surface area contributed by atoms with Crippen molar-refractivity contribution in [3.63, 3.8) is 0 Å².